The highest BCUT2D eigenvalue weighted by molar-refractivity contribution is 6.42. The maximum atomic E-state index is 12.6. The first kappa shape index (κ1) is 20.2. The zero-order valence-electron chi connectivity index (χ0n) is 15.9. The number of halogens is 2. The largest absolute Gasteiger partial charge is 0.494 e. The molecule has 2 aromatic carbocycles. The fourth-order valence-corrected chi connectivity index (χ4v) is 3.22. The van der Waals surface area contributed by atoms with Crippen molar-refractivity contribution in [2.75, 3.05) is 11.9 Å². The van der Waals surface area contributed by atoms with Gasteiger partial charge >= 0.3 is 0 Å². The van der Waals surface area contributed by atoms with Crippen molar-refractivity contribution >= 4 is 34.8 Å². The van der Waals surface area contributed by atoms with E-state index in [1.54, 1.807) is 30.3 Å². The Hall–Kier alpha value is -2.50. The smallest absolute Gasteiger partial charge is 0.255 e. The lowest BCUT2D eigenvalue weighted by molar-refractivity contribution is 0.102. The average molecular weight is 418 g/mol. The molecule has 0 atom stereocenters. The van der Waals surface area contributed by atoms with Crippen LogP contribution in [0, 0.1) is 13.8 Å². The lowest BCUT2D eigenvalue weighted by Crippen LogP contribution is -2.13. The number of anilines is 1. The molecule has 0 fully saturated rings. The lowest BCUT2D eigenvalue weighted by atomic mass is 10.2. The molecule has 1 aromatic heterocycles. The molecule has 0 saturated carbocycles. The van der Waals surface area contributed by atoms with E-state index in [-0.39, 0.29) is 5.91 Å². The van der Waals surface area contributed by atoms with Crippen molar-refractivity contribution in [1.82, 2.24) is 9.78 Å². The van der Waals surface area contributed by atoms with Crippen LogP contribution in [0.5, 0.6) is 5.75 Å². The summed E-state index contributed by atoms with van der Waals surface area (Å²) in [6.07, 6.45) is 0. The van der Waals surface area contributed by atoms with Gasteiger partial charge in [-0.1, -0.05) is 29.3 Å². The fraction of sp³-hybridized carbons (Fsp3) is 0.238. The van der Waals surface area contributed by atoms with Crippen molar-refractivity contribution in [2.24, 2.45) is 0 Å². The van der Waals surface area contributed by atoms with Crippen molar-refractivity contribution in [3.8, 4) is 5.75 Å². The number of ether oxygens (including phenoxy) is 1. The molecule has 146 valence electrons. The number of carbonyl (C=O) groups excluding carboxylic acids is 1. The first-order valence-corrected chi connectivity index (χ1v) is 9.66. The second kappa shape index (κ2) is 8.67. The van der Waals surface area contributed by atoms with Gasteiger partial charge in [-0.3, -0.25) is 9.48 Å². The van der Waals surface area contributed by atoms with Crippen LogP contribution in [-0.2, 0) is 6.54 Å². The zero-order chi connectivity index (χ0) is 20.3. The van der Waals surface area contributed by atoms with Crippen LogP contribution in [0.1, 0.15) is 34.2 Å². The number of hydrogen-bond acceptors (Lipinski definition) is 3. The Morgan fingerprint density at radius 2 is 1.82 bits per heavy atom. The second-order valence-corrected chi connectivity index (χ2v) is 7.18. The highest BCUT2D eigenvalue weighted by atomic mass is 35.5. The molecule has 0 bridgehead atoms. The molecule has 0 radical (unpaired) electrons. The maximum Gasteiger partial charge on any atom is 0.255 e. The summed E-state index contributed by atoms with van der Waals surface area (Å²) in [7, 11) is 0. The van der Waals surface area contributed by atoms with Crippen LogP contribution in [0.2, 0.25) is 10.0 Å². The van der Waals surface area contributed by atoms with Gasteiger partial charge in [-0.15, -0.1) is 0 Å². The highest BCUT2D eigenvalue weighted by Gasteiger charge is 2.16. The van der Waals surface area contributed by atoms with E-state index in [9.17, 15) is 4.79 Å². The van der Waals surface area contributed by atoms with Crippen LogP contribution in [-0.4, -0.2) is 22.3 Å². The minimum Gasteiger partial charge on any atom is -0.494 e. The van der Waals surface area contributed by atoms with E-state index in [1.165, 1.54) is 0 Å². The SMILES string of the molecule is CCOc1ccc(C(=O)Nc2c(C)nn(Cc3ccc(Cl)c(Cl)c3)c2C)cc1. The molecule has 0 aliphatic carbocycles. The van der Waals surface area contributed by atoms with Crippen molar-refractivity contribution in [2.45, 2.75) is 27.3 Å². The minimum atomic E-state index is -0.191. The van der Waals surface area contributed by atoms with Gasteiger partial charge in [-0.2, -0.15) is 5.10 Å². The van der Waals surface area contributed by atoms with Gasteiger partial charge in [0.05, 0.1) is 40.3 Å². The number of nitrogens with one attached hydrogen (secondary N) is 1. The summed E-state index contributed by atoms with van der Waals surface area (Å²) in [4.78, 5) is 12.6. The Kier molecular flexibility index (Phi) is 6.27. The van der Waals surface area contributed by atoms with Gasteiger partial charge in [-0.05, 0) is 62.7 Å². The number of hydrogen-bond donors (Lipinski definition) is 1. The molecule has 1 amide bonds. The molecule has 7 heteroatoms. The van der Waals surface area contributed by atoms with Crippen LogP contribution in [0.4, 0.5) is 5.69 Å². The second-order valence-electron chi connectivity index (χ2n) is 6.36. The third kappa shape index (κ3) is 4.49. The monoisotopic (exact) mass is 417 g/mol. The Bertz CT molecular complexity index is 998. The molecule has 0 aliphatic heterocycles. The fourth-order valence-electron chi connectivity index (χ4n) is 2.90. The number of benzene rings is 2. The van der Waals surface area contributed by atoms with E-state index >= 15 is 0 Å². The molecule has 0 spiro atoms. The van der Waals surface area contributed by atoms with Crippen LogP contribution < -0.4 is 10.1 Å². The molecule has 0 saturated heterocycles. The first-order valence-electron chi connectivity index (χ1n) is 8.91. The Labute approximate surface area is 174 Å². The van der Waals surface area contributed by atoms with E-state index in [0.717, 1.165) is 22.7 Å². The van der Waals surface area contributed by atoms with Gasteiger partial charge in [0.1, 0.15) is 5.75 Å². The molecular weight excluding hydrogens is 397 g/mol. The number of carbonyl (C=O) groups is 1. The highest BCUT2D eigenvalue weighted by Crippen LogP contribution is 2.25. The maximum absolute atomic E-state index is 12.6. The van der Waals surface area contributed by atoms with Gasteiger partial charge in [0.15, 0.2) is 0 Å². The Balaban J connectivity index is 1.77. The summed E-state index contributed by atoms with van der Waals surface area (Å²) < 4.78 is 7.25. The summed E-state index contributed by atoms with van der Waals surface area (Å²) in [6, 6.07) is 12.5. The molecule has 1 heterocycles. The van der Waals surface area contributed by atoms with Crippen LogP contribution in [0.25, 0.3) is 0 Å². The topological polar surface area (TPSA) is 56.1 Å². The normalized spacial score (nSPS) is 10.8. The van der Waals surface area contributed by atoms with E-state index in [0.29, 0.717) is 34.4 Å². The Morgan fingerprint density at radius 1 is 1.11 bits per heavy atom. The summed E-state index contributed by atoms with van der Waals surface area (Å²) >= 11 is 12.1. The van der Waals surface area contributed by atoms with Gasteiger partial charge in [0.25, 0.3) is 5.91 Å². The quantitative estimate of drug-likeness (QED) is 0.575. The first-order chi connectivity index (χ1) is 13.4. The molecule has 3 aromatic rings. The molecule has 3 rings (SSSR count). The van der Waals surface area contributed by atoms with Crippen molar-refractivity contribution in [1.29, 1.82) is 0 Å². The van der Waals surface area contributed by atoms with Crippen molar-refractivity contribution < 1.29 is 9.53 Å². The molecule has 0 unspecified atom stereocenters. The summed E-state index contributed by atoms with van der Waals surface area (Å²) in [5.41, 5.74) is 3.85. The molecular formula is C21H21Cl2N3O2. The summed E-state index contributed by atoms with van der Waals surface area (Å²) in [6.45, 7) is 6.82. The molecule has 5 nitrogen and oxygen atoms in total. The number of aromatic nitrogens is 2. The average Bonchev–Trinajstić information content (AvgIpc) is 2.93. The third-order valence-corrected chi connectivity index (χ3v) is 5.10. The number of nitrogens with zero attached hydrogens (tertiary/aromatic N) is 2. The number of aryl methyl sites for hydroxylation is 1. The van der Waals surface area contributed by atoms with Crippen LogP contribution in [0.3, 0.4) is 0 Å². The van der Waals surface area contributed by atoms with Gasteiger partial charge in [0.2, 0.25) is 0 Å². The molecule has 1 N–H and O–H groups in total. The van der Waals surface area contributed by atoms with E-state index in [1.807, 2.05) is 37.6 Å². The Morgan fingerprint density at radius 3 is 2.46 bits per heavy atom. The minimum absolute atomic E-state index is 0.191. The molecule has 0 aliphatic rings. The molecule has 28 heavy (non-hydrogen) atoms. The van der Waals surface area contributed by atoms with E-state index in [4.69, 9.17) is 27.9 Å². The summed E-state index contributed by atoms with van der Waals surface area (Å²) in [5, 5.41) is 8.53. The zero-order valence-corrected chi connectivity index (χ0v) is 17.4. The number of rotatable bonds is 6. The predicted octanol–water partition coefficient (Wildman–Crippen LogP) is 5.51. The van der Waals surface area contributed by atoms with E-state index < -0.39 is 0 Å². The van der Waals surface area contributed by atoms with E-state index in [2.05, 4.69) is 10.4 Å². The van der Waals surface area contributed by atoms with Gasteiger partial charge < -0.3 is 10.1 Å². The van der Waals surface area contributed by atoms with Gasteiger partial charge in [0, 0.05) is 5.56 Å². The third-order valence-electron chi connectivity index (χ3n) is 4.36. The van der Waals surface area contributed by atoms with Crippen LogP contribution >= 0.6 is 23.2 Å². The lowest BCUT2D eigenvalue weighted by Gasteiger charge is -2.09. The van der Waals surface area contributed by atoms with Gasteiger partial charge in [-0.25, -0.2) is 0 Å². The van der Waals surface area contributed by atoms with Crippen LogP contribution in [0.15, 0.2) is 42.5 Å². The standard InChI is InChI=1S/C21H21Cl2N3O2/c1-4-28-17-8-6-16(7-9-17)21(27)24-20-13(2)25-26(14(20)3)12-15-5-10-18(22)19(23)11-15/h5-11H,4,12H2,1-3H3,(H,24,27). The van der Waals surface area contributed by atoms with Crippen molar-refractivity contribution in [3.05, 3.63) is 75.0 Å². The number of amides is 1. The summed E-state index contributed by atoms with van der Waals surface area (Å²) in [5.74, 6) is 0.546. The predicted molar refractivity (Wildman–Crippen MR) is 113 cm³/mol. The van der Waals surface area contributed by atoms with Crippen molar-refractivity contribution in [3.63, 3.8) is 0 Å².